The highest BCUT2D eigenvalue weighted by molar-refractivity contribution is 6.32. The molecule has 98 valence electrons. The number of hydrogen-bond acceptors (Lipinski definition) is 3. The van der Waals surface area contributed by atoms with E-state index in [1.165, 1.54) is 12.7 Å². The normalized spacial score (nSPS) is 27.9. The van der Waals surface area contributed by atoms with Crippen LogP contribution >= 0.6 is 11.6 Å². The molecule has 1 amide bonds. The molecule has 2 fully saturated rings. The molecule has 3 rings (SSSR count). The average molecular weight is 269 g/mol. The van der Waals surface area contributed by atoms with E-state index >= 15 is 0 Å². The summed E-state index contributed by atoms with van der Waals surface area (Å²) in [6, 6.07) is 2.41. The Balaban J connectivity index is 1.78. The van der Waals surface area contributed by atoms with Gasteiger partial charge < -0.3 is 14.6 Å². The number of nitrogens with one attached hydrogen (secondary N) is 1. The zero-order valence-electron chi connectivity index (χ0n) is 10.2. The molecule has 2 atom stereocenters. The van der Waals surface area contributed by atoms with Crippen molar-refractivity contribution in [2.75, 3.05) is 13.1 Å². The van der Waals surface area contributed by atoms with Crippen molar-refractivity contribution in [1.29, 1.82) is 0 Å². The van der Waals surface area contributed by atoms with Gasteiger partial charge in [-0.2, -0.15) is 0 Å². The number of hydrogen-bond donors (Lipinski definition) is 1. The third-order valence-corrected chi connectivity index (χ3v) is 4.26. The highest BCUT2D eigenvalue weighted by atomic mass is 35.5. The third-order valence-electron chi connectivity index (χ3n) is 3.97. The van der Waals surface area contributed by atoms with Crippen molar-refractivity contribution in [2.45, 2.75) is 37.8 Å². The summed E-state index contributed by atoms with van der Waals surface area (Å²) in [5, 5.41) is 3.69. The number of rotatable bonds is 2. The lowest BCUT2D eigenvalue weighted by Gasteiger charge is -2.29. The highest BCUT2D eigenvalue weighted by Crippen LogP contribution is 2.28. The molecule has 4 nitrogen and oxygen atoms in total. The zero-order valence-corrected chi connectivity index (χ0v) is 10.9. The first kappa shape index (κ1) is 12.1. The number of carbonyl (C=O) groups excluding carboxylic acids is 1. The number of halogens is 1. The van der Waals surface area contributed by atoms with Crippen molar-refractivity contribution in [3.63, 3.8) is 0 Å². The molecule has 1 aromatic rings. The minimum Gasteiger partial charge on any atom is -0.452 e. The summed E-state index contributed by atoms with van der Waals surface area (Å²) in [7, 11) is 0. The summed E-state index contributed by atoms with van der Waals surface area (Å²) < 4.78 is 5.01. The van der Waals surface area contributed by atoms with Gasteiger partial charge in [0, 0.05) is 18.6 Å². The lowest BCUT2D eigenvalue weighted by Crippen LogP contribution is -2.46. The van der Waals surface area contributed by atoms with Crippen molar-refractivity contribution >= 4 is 17.5 Å². The molecule has 0 radical (unpaired) electrons. The van der Waals surface area contributed by atoms with Gasteiger partial charge in [0.05, 0.1) is 11.8 Å². The molecule has 0 aliphatic carbocycles. The van der Waals surface area contributed by atoms with E-state index in [-0.39, 0.29) is 11.1 Å². The largest absolute Gasteiger partial charge is 0.452 e. The molecule has 5 heteroatoms. The quantitative estimate of drug-likeness (QED) is 0.895. The van der Waals surface area contributed by atoms with Gasteiger partial charge in [-0.25, -0.2) is 0 Å². The second-order valence-corrected chi connectivity index (χ2v) is 5.36. The number of likely N-dealkylation sites (tertiary alicyclic amines) is 1. The molecule has 0 saturated carbocycles. The molecule has 2 unspecified atom stereocenters. The van der Waals surface area contributed by atoms with Gasteiger partial charge in [-0.3, -0.25) is 4.79 Å². The molecule has 18 heavy (non-hydrogen) atoms. The summed E-state index contributed by atoms with van der Waals surface area (Å²) in [6.07, 6.45) is 5.99. The lowest BCUT2D eigenvalue weighted by atomic mass is 10.0. The Morgan fingerprint density at radius 3 is 3.00 bits per heavy atom. The summed E-state index contributed by atoms with van der Waals surface area (Å²) >= 11 is 5.89. The van der Waals surface area contributed by atoms with Crippen molar-refractivity contribution in [3.05, 3.63) is 23.1 Å². The van der Waals surface area contributed by atoms with Crippen molar-refractivity contribution in [2.24, 2.45) is 0 Å². The van der Waals surface area contributed by atoms with Crippen LogP contribution in [0.3, 0.4) is 0 Å². The van der Waals surface area contributed by atoms with E-state index in [0.717, 1.165) is 32.4 Å². The van der Waals surface area contributed by atoms with Gasteiger partial charge in [-0.1, -0.05) is 0 Å². The Morgan fingerprint density at radius 2 is 2.33 bits per heavy atom. The number of nitrogens with zero attached hydrogens (tertiary/aromatic N) is 1. The maximum absolute atomic E-state index is 12.4. The molecule has 3 heterocycles. The van der Waals surface area contributed by atoms with Crippen LogP contribution in [-0.4, -0.2) is 36.0 Å². The summed E-state index contributed by atoms with van der Waals surface area (Å²) in [5.41, 5.74) is 0.488. The van der Waals surface area contributed by atoms with Gasteiger partial charge in [0.15, 0.2) is 0 Å². The Morgan fingerprint density at radius 1 is 1.44 bits per heavy atom. The van der Waals surface area contributed by atoms with Gasteiger partial charge in [0.25, 0.3) is 5.91 Å². The minimum absolute atomic E-state index is 0.00458. The van der Waals surface area contributed by atoms with Crippen molar-refractivity contribution in [1.82, 2.24) is 10.2 Å². The summed E-state index contributed by atoms with van der Waals surface area (Å²) in [6.45, 7) is 1.89. The topological polar surface area (TPSA) is 45.5 Å². The maximum atomic E-state index is 12.4. The summed E-state index contributed by atoms with van der Waals surface area (Å²) in [5.74, 6) is 0.00458. The van der Waals surface area contributed by atoms with Crippen LogP contribution in [0.25, 0.3) is 0 Å². The number of amides is 1. The van der Waals surface area contributed by atoms with E-state index in [1.807, 2.05) is 4.90 Å². The monoisotopic (exact) mass is 268 g/mol. The van der Waals surface area contributed by atoms with Crippen molar-refractivity contribution in [3.8, 4) is 0 Å². The predicted octanol–water partition coefficient (Wildman–Crippen LogP) is 2.29. The summed E-state index contributed by atoms with van der Waals surface area (Å²) in [4.78, 5) is 14.4. The van der Waals surface area contributed by atoms with Crippen LogP contribution in [0.4, 0.5) is 0 Å². The molecule has 0 bridgehead atoms. The molecular formula is C13H17ClN2O2. The Bertz CT molecular complexity index is 440. The molecule has 2 aliphatic rings. The molecule has 0 spiro atoms. The van der Waals surface area contributed by atoms with Crippen LogP contribution < -0.4 is 5.32 Å². The first-order chi connectivity index (χ1) is 8.77. The molecule has 0 aromatic carbocycles. The zero-order chi connectivity index (χ0) is 12.5. The predicted molar refractivity (Wildman–Crippen MR) is 68.8 cm³/mol. The van der Waals surface area contributed by atoms with Crippen LogP contribution in [0.5, 0.6) is 0 Å². The van der Waals surface area contributed by atoms with Crippen LogP contribution in [-0.2, 0) is 0 Å². The van der Waals surface area contributed by atoms with Crippen LogP contribution in [0.15, 0.2) is 16.7 Å². The standard InChI is InChI=1S/C13H17ClN2O2/c14-12-9(5-8-18-12)13(17)16-7-2-4-11(16)10-3-1-6-15-10/h5,8,10-11,15H,1-4,6-7H2. The highest BCUT2D eigenvalue weighted by Gasteiger charge is 2.37. The Labute approximate surface area is 111 Å². The lowest BCUT2D eigenvalue weighted by molar-refractivity contribution is 0.0711. The fourth-order valence-corrected chi connectivity index (χ4v) is 3.30. The second-order valence-electron chi connectivity index (χ2n) is 5.02. The SMILES string of the molecule is O=C(c1ccoc1Cl)N1CCCC1C1CCCN1. The van der Waals surface area contributed by atoms with Gasteiger partial charge in [-0.15, -0.1) is 0 Å². The molecular weight excluding hydrogens is 252 g/mol. The first-order valence-electron chi connectivity index (χ1n) is 6.55. The fraction of sp³-hybridized carbons (Fsp3) is 0.615. The molecule has 1 aromatic heterocycles. The maximum Gasteiger partial charge on any atom is 0.259 e. The minimum atomic E-state index is 0.00458. The van der Waals surface area contributed by atoms with Gasteiger partial charge in [0.2, 0.25) is 5.22 Å². The van der Waals surface area contributed by atoms with Gasteiger partial charge in [0.1, 0.15) is 0 Å². The molecule has 2 saturated heterocycles. The van der Waals surface area contributed by atoms with E-state index in [2.05, 4.69) is 5.32 Å². The fourth-order valence-electron chi connectivity index (χ4n) is 3.10. The van der Waals surface area contributed by atoms with E-state index in [4.69, 9.17) is 16.0 Å². The van der Waals surface area contributed by atoms with E-state index in [0.29, 0.717) is 17.6 Å². The van der Waals surface area contributed by atoms with Crippen LogP contribution in [0.2, 0.25) is 5.22 Å². The van der Waals surface area contributed by atoms with E-state index in [9.17, 15) is 4.79 Å². The van der Waals surface area contributed by atoms with Crippen LogP contribution in [0.1, 0.15) is 36.0 Å². The third kappa shape index (κ3) is 2.04. The first-order valence-corrected chi connectivity index (χ1v) is 6.92. The van der Waals surface area contributed by atoms with Gasteiger partial charge >= 0.3 is 0 Å². The van der Waals surface area contributed by atoms with E-state index in [1.54, 1.807) is 6.07 Å². The molecule has 1 N–H and O–H groups in total. The smallest absolute Gasteiger partial charge is 0.259 e. The van der Waals surface area contributed by atoms with E-state index < -0.39 is 0 Å². The van der Waals surface area contributed by atoms with Crippen LogP contribution in [0, 0.1) is 0 Å². The Kier molecular flexibility index (Phi) is 3.31. The van der Waals surface area contributed by atoms with Crippen molar-refractivity contribution < 1.29 is 9.21 Å². The Hall–Kier alpha value is -1.00. The second kappa shape index (κ2) is 4.94. The average Bonchev–Trinajstić information content (AvgIpc) is 3.09. The number of furan rings is 1. The molecule has 2 aliphatic heterocycles. The number of carbonyl (C=O) groups is 1. The van der Waals surface area contributed by atoms with Gasteiger partial charge in [-0.05, 0) is 49.9 Å².